The Labute approximate surface area is 149 Å². The molecule has 1 aromatic rings. The fourth-order valence-electron chi connectivity index (χ4n) is 2.66. The largest absolute Gasteiger partial charge is 0.455 e. The highest BCUT2D eigenvalue weighted by Crippen LogP contribution is 2.29. The van der Waals surface area contributed by atoms with Crippen molar-refractivity contribution >= 4 is 23.2 Å². The first kappa shape index (κ1) is 20.6. The van der Waals surface area contributed by atoms with Crippen molar-refractivity contribution in [3.63, 3.8) is 0 Å². The highest BCUT2D eigenvalue weighted by atomic mass is 32.1. The van der Waals surface area contributed by atoms with Crippen LogP contribution < -0.4 is 0 Å². The zero-order valence-electron chi connectivity index (χ0n) is 15.6. The minimum atomic E-state index is -0.409. The van der Waals surface area contributed by atoms with Gasteiger partial charge in [0.05, 0.1) is 0 Å². The van der Waals surface area contributed by atoms with Crippen LogP contribution in [0.1, 0.15) is 65.0 Å². The Kier molecular flexibility index (Phi) is 8.39. The van der Waals surface area contributed by atoms with Crippen molar-refractivity contribution in [1.29, 1.82) is 0 Å². The number of carbonyl (C=O) groups excluding carboxylic acids is 2. The lowest BCUT2D eigenvalue weighted by Crippen LogP contribution is -2.42. The molecule has 1 amide bonds. The van der Waals surface area contributed by atoms with Crippen LogP contribution in [0.15, 0.2) is 11.6 Å². The van der Waals surface area contributed by atoms with Gasteiger partial charge < -0.3 is 9.64 Å². The summed E-state index contributed by atoms with van der Waals surface area (Å²) in [5.74, 6) is 0.444. The average Bonchev–Trinajstić information content (AvgIpc) is 3.03. The number of ether oxygens (including phenoxy) is 1. The molecule has 5 nitrogen and oxygen atoms in total. The van der Waals surface area contributed by atoms with Gasteiger partial charge in [0.2, 0.25) is 5.91 Å². The van der Waals surface area contributed by atoms with Crippen LogP contribution in [0.5, 0.6) is 0 Å². The SMILES string of the molecule is CCC(C)CC(=O)N(C)[C@H](C[C@@H](OC(C)=O)c1nccs1)C(C)C. The second-order valence-corrected chi connectivity index (χ2v) is 7.66. The summed E-state index contributed by atoms with van der Waals surface area (Å²) in [6.07, 6.45) is 3.40. The summed E-state index contributed by atoms with van der Waals surface area (Å²) >= 11 is 1.47. The molecule has 0 spiro atoms. The lowest BCUT2D eigenvalue weighted by molar-refractivity contribution is -0.148. The van der Waals surface area contributed by atoms with Gasteiger partial charge in [0.25, 0.3) is 0 Å². The van der Waals surface area contributed by atoms with E-state index in [1.807, 2.05) is 17.3 Å². The van der Waals surface area contributed by atoms with E-state index in [9.17, 15) is 9.59 Å². The van der Waals surface area contributed by atoms with Crippen molar-refractivity contribution in [1.82, 2.24) is 9.88 Å². The maximum absolute atomic E-state index is 12.6. The van der Waals surface area contributed by atoms with Crippen LogP contribution in [-0.4, -0.2) is 34.8 Å². The van der Waals surface area contributed by atoms with Crippen LogP contribution in [0.4, 0.5) is 0 Å². The molecule has 0 fully saturated rings. The lowest BCUT2D eigenvalue weighted by atomic mass is 9.95. The van der Waals surface area contributed by atoms with E-state index < -0.39 is 6.10 Å². The third kappa shape index (κ3) is 6.23. The zero-order chi connectivity index (χ0) is 18.3. The van der Waals surface area contributed by atoms with Crippen LogP contribution in [-0.2, 0) is 14.3 Å². The average molecular weight is 355 g/mol. The van der Waals surface area contributed by atoms with E-state index in [1.165, 1.54) is 18.3 Å². The van der Waals surface area contributed by atoms with Gasteiger partial charge in [-0.1, -0.05) is 34.1 Å². The van der Waals surface area contributed by atoms with E-state index in [1.54, 1.807) is 6.20 Å². The van der Waals surface area contributed by atoms with Gasteiger partial charge in [-0.15, -0.1) is 11.3 Å². The number of nitrogens with zero attached hydrogens (tertiary/aromatic N) is 2. The molecule has 0 saturated heterocycles. The van der Waals surface area contributed by atoms with Gasteiger partial charge in [-0.3, -0.25) is 9.59 Å². The zero-order valence-corrected chi connectivity index (χ0v) is 16.4. The second-order valence-electron chi connectivity index (χ2n) is 6.74. The number of rotatable bonds is 9. The minimum Gasteiger partial charge on any atom is -0.455 e. The third-order valence-corrected chi connectivity index (χ3v) is 5.24. The van der Waals surface area contributed by atoms with Gasteiger partial charge in [0.15, 0.2) is 6.10 Å². The number of carbonyl (C=O) groups is 2. The summed E-state index contributed by atoms with van der Waals surface area (Å²) in [6.45, 7) is 9.77. The molecule has 0 aliphatic carbocycles. The molecule has 0 aliphatic rings. The number of hydrogen-bond donors (Lipinski definition) is 0. The van der Waals surface area contributed by atoms with Crippen molar-refractivity contribution in [3.05, 3.63) is 16.6 Å². The Morgan fingerprint density at radius 3 is 2.46 bits per heavy atom. The van der Waals surface area contributed by atoms with Gasteiger partial charge in [0, 0.05) is 44.4 Å². The van der Waals surface area contributed by atoms with E-state index in [4.69, 9.17) is 4.74 Å². The van der Waals surface area contributed by atoms with Crippen LogP contribution in [0.3, 0.4) is 0 Å². The molecule has 0 bridgehead atoms. The Morgan fingerprint density at radius 1 is 1.33 bits per heavy atom. The quantitative estimate of drug-likeness (QED) is 0.628. The van der Waals surface area contributed by atoms with Crippen molar-refractivity contribution in [3.8, 4) is 0 Å². The molecule has 1 aromatic heterocycles. The summed E-state index contributed by atoms with van der Waals surface area (Å²) in [5, 5.41) is 2.65. The number of amides is 1. The molecular formula is C18H30N2O3S. The molecule has 6 heteroatoms. The van der Waals surface area contributed by atoms with E-state index in [-0.39, 0.29) is 23.8 Å². The first-order valence-electron chi connectivity index (χ1n) is 8.58. The molecule has 0 aliphatic heterocycles. The molecule has 136 valence electrons. The molecule has 0 N–H and O–H groups in total. The first-order valence-corrected chi connectivity index (χ1v) is 9.46. The summed E-state index contributed by atoms with van der Waals surface area (Å²) in [6, 6.07) is -0.00481. The van der Waals surface area contributed by atoms with Crippen molar-refractivity contribution in [2.75, 3.05) is 7.05 Å². The number of esters is 1. The maximum atomic E-state index is 12.6. The van der Waals surface area contributed by atoms with Gasteiger partial charge in [-0.25, -0.2) is 4.98 Å². The normalized spacial score (nSPS) is 15.0. The van der Waals surface area contributed by atoms with Crippen molar-refractivity contribution < 1.29 is 14.3 Å². The Morgan fingerprint density at radius 2 is 2.00 bits per heavy atom. The molecule has 1 unspecified atom stereocenters. The van der Waals surface area contributed by atoms with Crippen LogP contribution >= 0.6 is 11.3 Å². The lowest BCUT2D eigenvalue weighted by Gasteiger charge is -2.34. The van der Waals surface area contributed by atoms with Crippen LogP contribution in [0.2, 0.25) is 0 Å². The van der Waals surface area contributed by atoms with E-state index in [2.05, 4.69) is 32.7 Å². The predicted octanol–water partition coefficient (Wildman–Crippen LogP) is 4.06. The molecule has 1 rings (SSSR count). The molecule has 0 aromatic carbocycles. The van der Waals surface area contributed by atoms with Crippen LogP contribution in [0, 0.1) is 11.8 Å². The van der Waals surface area contributed by atoms with Crippen molar-refractivity contribution in [2.45, 2.75) is 66.0 Å². The Balaban J connectivity index is 2.89. The standard InChI is InChI=1S/C18H30N2O3S/c1-7-13(4)10-17(22)20(6)15(12(2)3)11-16(23-14(5)21)18-19-8-9-24-18/h8-9,12-13,15-16H,7,10-11H2,1-6H3/t13?,15-,16-/m1/s1. The minimum absolute atomic E-state index is 0.00481. The van der Waals surface area contributed by atoms with E-state index in [0.717, 1.165) is 11.4 Å². The van der Waals surface area contributed by atoms with Crippen molar-refractivity contribution in [2.24, 2.45) is 11.8 Å². The molecular weight excluding hydrogens is 324 g/mol. The molecule has 1 heterocycles. The fourth-order valence-corrected chi connectivity index (χ4v) is 3.34. The van der Waals surface area contributed by atoms with Crippen LogP contribution in [0.25, 0.3) is 0 Å². The van der Waals surface area contributed by atoms with E-state index in [0.29, 0.717) is 18.8 Å². The summed E-state index contributed by atoms with van der Waals surface area (Å²) in [5.41, 5.74) is 0. The first-order chi connectivity index (χ1) is 11.3. The topological polar surface area (TPSA) is 59.5 Å². The molecule has 0 saturated carbocycles. The van der Waals surface area contributed by atoms with Gasteiger partial charge in [0.1, 0.15) is 5.01 Å². The number of thiazole rings is 1. The monoisotopic (exact) mass is 354 g/mol. The highest BCUT2D eigenvalue weighted by molar-refractivity contribution is 7.09. The third-order valence-electron chi connectivity index (χ3n) is 4.37. The maximum Gasteiger partial charge on any atom is 0.303 e. The number of aromatic nitrogens is 1. The molecule has 0 radical (unpaired) electrons. The highest BCUT2D eigenvalue weighted by Gasteiger charge is 2.30. The summed E-state index contributed by atoms with van der Waals surface area (Å²) in [7, 11) is 1.85. The van der Waals surface area contributed by atoms with Gasteiger partial charge in [-0.05, 0) is 11.8 Å². The van der Waals surface area contributed by atoms with Gasteiger partial charge in [-0.2, -0.15) is 0 Å². The fraction of sp³-hybridized carbons (Fsp3) is 0.722. The Bertz CT molecular complexity index is 516. The second kappa shape index (κ2) is 9.77. The summed E-state index contributed by atoms with van der Waals surface area (Å²) < 4.78 is 5.48. The Hall–Kier alpha value is -1.43. The number of hydrogen-bond acceptors (Lipinski definition) is 5. The smallest absolute Gasteiger partial charge is 0.303 e. The molecule has 3 atom stereocenters. The molecule has 24 heavy (non-hydrogen) atoms. The van der Waals surface area contributed by atoms with E-state index >= 15 is 0 Å². The predicted molar refractivity (Wildman–Crippen MR) is 96.7 cm³/mol. The van der Waals surface area contributed by atoms with Gasteiger partial charge >= 0.3 is 5.97 Å². The summed E-state index contributed by atoms with van der Waals surface area (Å²) in [4.78, 5) is 30.1.